The first-order valence-electron chi connectivity index (χ1n) is 7.00. The molecule has 2 N–H and O–H groups in total. The SMILES string of the molecule is CC(Sc1ncc(CO)n1C)C(=O)c1c[nH]c2ccccc12. The van der Waals surface area contributed by atoms with Crippen LogP contribution in [0.2, 0.25) is 0 Å². The molecule has 2 heterocycles. The highest BCUT2D eigenvalue weighted by Gasteiger charge is 2.21. The van der Waals surface area contributed by atoms with Gasteiger partial charge >= 0.3 is 0 Å². The summed E-state index contributed by atoms with van der Waals surface area (Å²) in [7, 11) is 1.84. The molecule has 0 aliphatic rings. The van der Waals surface area contributed by atoms with Crippen molar-refractivity contribution in [1.82, 2.24) is 14.5 Å². The number of aliphatic hydroxyl groups is 1. The number of Topliss-reactive ketones (excluding diaryl/α,β-unsaturated/α-hetero) is 1. The summed E-state index contributed by atoms with van der Waals surface area (Å²) in [6.07, 6.45) is 3.40. The first-order valence-corrected chi connectivity index (χ1v) is 7.88. The van der Waals surface area contributed by atoms with Crippen molar-refractivity contribution in [3.05, 3.63) is 47.9 Å². The number of carbonyl (C=O) groups is 1. The van der Waals surface area contributed by atoms with Gasteiger partial charge in [0.05, 0.1) is 23.7 Å². The van der Waals surface area contributed by atoms with E-state index >= 15 is 0 Å². The number of imidazole rings is 1. The van der Waals surface area contributed by atoms with Crippen LogP contribution in [-0.2, 0) is 13.7 Å². The smallest absolute Gasteiger partial charge is 0.178 e. The van der Waals surface area contributed by atoms with Gasteiger partial charge in [0, 0.05) is 29.7 Å². The number of rotatable bonds is 5. The minimum absolute atomic E-state index is 0.0607. The molecule has 3 rings (SSSR count). The number of aromatic nitrogens is 3. The molecular formula is C16H17N3O2S. The van der Waals surface area contributed by atoms with Gasteiger partial charge in [-0.1, -0.05) is 30.0 Å². The number of para-hydroxylation sites is 1. The maximum atomic E-state index is 12.7. The van der Waals surface area contributed by atoms with Gasteiger partial charge in [-0.25, -0.2) is 4.98 Å². The molecule has 2 aromatic heterocycles. The van der Waals surface area contributed by atoms with Crippen molar-refractivity contribution in [1.29, 1.82) is 0 Å². The normalized spacial score (nSPS) is 12.7. The Bertz CT molecular complexity index is 822. The van der Waals surface area contributed by atoms with Crippen molar-refractivity contribution in [2.75, 3.05) is 0 Å². The molecule has 114 valence electrons. The molecule has 0 bridgehead atoms. The van der Waals surface area contributed by atoms with E-state index in [0.717, 1.165) is 21.8 Å². The summed E-state index contributed by atoms with van der Waals surface area (Å²) in [5.41, 5.74) is 2.39. The lowest BCUT2D eigenvalue weighted by atomic mass is 10.1. The Labute approximate surface area is 132 Å². The molecule has 1 unspecified atom stereocenters. The standard InChI is InChI=1S/C16H17N3O2S/c1-10(22-16-18-7-11(9-20)19(16)2)15(21)13-8-17-14-6-4-3-5-12(13)14/h3-8,10,17,20H,9H2,1-2H3. The summed E-state index contributed by atoms with van der Waals surface area (Å²) in [6, 6.07) is 7.77. The Morgan fingerprint density at radius 1 is 1.45 bits per heavy atom. The second-order valence-electron chi connectivity index (χ2n) is 5.12. The molecule has 0 amide bonds. The van der Waals surface area contributed by atoms with Crippen LogP contribution in [0.4, 0.5) is 0 Å². The lowest BCUT2D eigenvalue weighted by Crippen LogP contribution is -2.14. The molecule has 0 saturated heterocycles. The summed E-state index contributed by atoms with van der Waals surface area (Å²) in [6.45, 7) is 1.82. The largest absolute Gasteiger partial charge is 0.390 e. The van der Waals surface area contributed by atoms with Crippen LogP contribution in [0.3, 0.4) is 0 Å². The Balaban J connectivity index is 1.84. The molecule has 22 heavy (non-hydrogen) atoms. The van der Waals surface area contributed by atoms with Crippen LogP contribution >= 0.6 is 11.8 Å². The fraction of sp³-hybridized carbons (Fsp3) is 0.250. The highest BCUT2D eigenvalue weighted by atomic mass is 32.2. The fourth-order valence-electron chi connectivity index (χ4n) is 2.39. The Morgan fingerprint density at radius 2 is 2.23 bits per heavy atom. The monoisotopic (exact) mass is 315 g/mol. The number of ketones is 1. The molecule has 5 nitrogen and oxygen atoms in total. The molecule has 0 fully saturated rings. The first kappa shape index (κ1) is 14.9. The van der Waals surface area contributed by atoms with Crippen molar-refractivity contribution in [2.24, 2.45) is 7.05 Å². The number of nitrogens with one attached hydrogen (secondary N) is 1. The van der Waals surface area contributed by atoms with Crippen molar-refractivity contribution in [3.63, 3.8) is 0 Å². The van der Waals surface area contributed by atoms with Gasteiger partial charge in [-0.15, -0.1) is 0 Å². The number of aliphatic hydroxyl groups excluding tert-OH is 1. The van der Waals surface area contributed by atoms with E-state index in [2.05, 4.69) is 9.97 Å². The van der Waals surface area contributed by atoms with Crippen LogP contribution in [0.25, 0.3) is 10.9 Å². The van der Waals surface area contributed by atoms with Crippen LogP contribution in [0.15, 0.2) is 41.8 Å². The number of hydrogen-bond acceptors (Lipinski definition) is 4. The van der Waals surface area contributed by atoms with E-state index in [9.17, 15) is 9.90 Å². The van der Waals surface area contributed by atoms with Gasteiger partial charge in [0.1, 0.15) is 0 Å². The zero-order chi connectivity index (χ0) is 15.7. The van der Waals surface area contributed by atoms with Gasteiger partial charge in [-0.05, 0) is 13.0 Å². The van der Waals surface area contributed by atoms with E-state index in [1.165, 1.54) is 11.8 Å². The third kappa shape index (κ3) is 2.55. The summed E-state index contributed by atoms with van der Waals surface area (Å²) in [5.74, 6) is 0.0657. The quantitative estimate of drug-likeness (QED) is 0.561. The average molecular weight is 315 g/mol. The summed E-state index contributed by atoms with van der Waals surface area (Å²) >= 11 is 1.40. The third-order valence-corrected chi connectivity index (χ3v) is 4.87. The van der Waals surface area contributed by atoms with Crippen molar-refractivity contribution >= 4 is 28.4 Å². The lowest BCUT2D eigenvalue weighted by molar-refractivity contribution is 0.0995. The zero-order valence-corrected chi connectivity index (χ0v) is 13.2. The minimum atomic E-state index is -0.258. The van der Waals surface area contributed by atoms with E-state index in [1.807, 2.05) is 42.8 Å². The second-order valence-corrected chi connectivity index (χ2v) is 6.43. The topological polar surface area (TPSA) is 70.9 Å². The van der Waals surface area contributed by atoms with Gasteiger partial charge in [0.15, 0.2) is 10.9 Å². The Hall–Kier alpha value is -2.05. The summed E-state index contributed by atoms with van der Waals surface area (Å²) in [4.78, 5) is 20.1. The van der Waals surface area contributed by atoms with Crippen LogP contribution in [0, 0.1) is 0 Å². The maximum Gasteiger partial charge on any atom is 0.178 e. The van der Waals surface area contributed by atoms with E-state index in [0.29, 0.717) is 5.56 Å². The van der Waals surface area contributed by atoms with E-state index < -0.39 is 0 Å². The number of fused-ring (bicyclic) bond motifs is 1. The highest BCUT2D eigenvalue weighted by Crippen LogP contribution is 2.27. The predicted octanol–water partition coefficient (Wildman–Crippen LogP) is 2.76. The minimum Gasteiger partial charge on any atom is -0.390 e. The molecule has 1 atom stereocenters. The van der Waals surface area contributed by atoms with E-state index in [1.54, 1.807) is 12.4 Å². The first-order chi connectivity index (χ1) is 10.6. The number of benzene rings is 1. The van der Waals surface area contributed by atoms with Crippen LogP contribution in [0.1, 0.15) is 23.0 Å². The number of nitrogens with zero attached hydrogens (tertiary/aromatic N) is 2. The van der Waals surface area contributed by atoms with Crippen LogP contribution in [-0.4, -0.2) is 30.7 Å². The van der Waals surface area contributed by atoms with Crippen molar-refractivity contribution in [3.8, 4) is 0 Å². The lowest BCUT2D eigenvalue weighted by Gasteiger charge is -2.10. The Morgan fingerprint density at radius 3 is 2.95 bits per heavy atom. The second kappa shape index (κ2) is 5.98. The summed E-state index contributed by atoms with van der Waals surface area (Å²) < 4.78 is 1.81. The molecule has 0 spiro atoms. The van der Waals surface area contributed by atoms with Crippen molar-refractivity contribution < 1.29 is 9.90 Å². The van der Waals surface area contributed by atoms with Crippen LogP contribution in [0.5, 0.6) is 0 Å². The maximum absolute atomic E-state index is 12.7. The van der Waals surface area contributed by atoms with Crippen LogP contribution < -0.4 is 0 Å². The number of H-pyrrole nitrogens is 1. The van der Waals surface area contributed by atoms with E-state index in [4.69, 9.17) is 0 Å². The zero-order valence-electron chi connectivity index (χ0n) is 12.4. The molecular weight excluding hydrogens is 298 g/mol. The number of carbonyl (C=O) groups excluding carboxylic acids is 1. The van der Waals surface area contributed by atoms with Gasteiger partial charge < -0.3 is 14.7 Å². The molecule has 0 aliphatic heterocycles. The number of hydrogen-bond donors (Lipinski definition) is 2. The number of thioether (sulfide) groups is 1. The predicted molar refractivity (Wildman–Crippen MR) is 87.1 cm³/mol. The molecule has 1 aromatic carbocycles. The van der Waals surface area contributed by atoms with Gasteiger partial charge in [0.2, 0.25) is 0 Å². The fourth-order valence-corrected chi connectivity index (χ4v) is 3.33. The van der Waals surface area contributed by atoms with E-state index in [-0.39, 0.29) is 17.6 Å². The molecule has 0 radical (unpaired) electrons. The van der Waals surface area contributed by atoms with Gasteiger partial charge in [-0.2, -0.15) is 0 Å². The van der Waals surface area contributed by atoms with Gasteiger partial charge in [0.25, 0.3) is 0 Å². The molecule has 0 aliphatic carbocycles. The molecule has 0 saturated carbocycles. The Kier molecular flexibility index (Phi) is 4.04. The highest BCUT2D eigenvalue weighted by molar-refractivity contribution is 8.00. The third-order valence-electron chi connectivity index (χ3n) is 3.71. The molecule has 3 aromatic rings. The number of aromatic amines is 1. The van der Waals surface area contributed by atoms with Crippen molar-refractivity contribution in [2.45, 2.75) is 23.9 Å². The summed E-state index contributed by atoms with van der Waals surface area (Å²) in [5, 5.41) is 10.6. The van der Waals surface area contributed by atoms with Gasteiger partial charge in [-0.3, -0.25) is 4.79 Å². The average Bonchev–Trinajstić information content (AvgIpc) is 3.11. The molecule has 6 heteroatoms.